The fourth-order valence-corrected chi connectivity index (χ4v) is 2.77. The molecule has 20 heavy (non-hydrogen) atoms. The summed E-state index contributed by atoms with van der Waals surface area (Å²) >= 11 is 3.54. The average molecular weight is 337 g/mol. The number of aromatic nitrogens is 1. The summed E-state index contributed by atoms with van der Waals surface area (Å²) in [6.45, 7) is 3.21. The van der Waals surface area contributed by atoms with Crippen LogP contribution in [0.3, 0.4) is 0 Å². The standard InChI is InChI=1S/C15H14BrFN2O/c1-9-7-10(3-4-12(9)17)14-11(16)8-13-15(18-14)20-6-5-19(13)2/h3-4,7-8H,5-6H2,1-2H3. The SMILES string of the molecule is Cc1cc(-c2nc3c(cc2Br)N(C)CCO3)ccc1F. The number of ether oxygens (including phenoxy) is 1. The number of anilines is 1. The van der Waals surface area contributed by atoms with Gasteiger partial charge < -0.3 is 9.64 Å². The van der Waals surface area contributed by atoms with Crippen LogP contribution in [0.2, 0.25) is 0 Å². The number of likely N-dealkylation sites (N-methyl/N-ethyl adjacent to an activating group) is 1. The second kappa shape index (κ2) is 5.05. The lowest BCUT2D eigenvalue weighted by atomic mass is 10.1. The Balaban J connectivity index is 2.12. The highest BCUT2D eigenvalue weighted by Crippen LogP contribution is 2.37. The summed E-state index contributed by atoms with van der Waals surface area (Å²) in [6.07, 6.45) is 0. The minimum absolute atomic E-state index is 0.209. The largest absolute Gasteiger partial charge is 0.474 e. The van der Waals surface area contributed by atoms with E-state index in [1.54, 1.807) is 19.1 Å². The molecule has 0 saturated heterocycles. The Morgan fingerprint density at radius 3 is 2.90 bits per heavy atom. The van der Waals surface area contributed by atoms with Crippen LogP contribution >= 0.6 is 15.9 Å². The first kappa shape index (κ1) is 13.4. The molecule has 0 fully saturated rings. The first-order valence-corrected chi connectivity index (χ1v) is 7.16. The summed E-state index contributed by atoms with van der Waals surface area (Å²) in [5, 5.41) is 0. The van der Waals surface area contributed by atoms with Gasteiger partial charge in [-0.15, -0.1) is 0 Å². The normalized spacial score (nSPS) is 13.9. The third-order valence-electron chi connectivity index (χ3n) is 3.43. The van der Waals surface area contributed by atoms with Crippen LogP contribution in [0.25, 0.3) is 11.3 Å². The fourth-order valence-electron chi connectivity index (χ4n) is 2.24. The van der Waals surface area contributed by atoms with Gasteiger partial charge in [0.15, 0.2) is 0 Å². The van der Waals surface area contributed by atoms with Crippen LogP contribution in [-0.4, -0.2) is 25.2 Å². The number of hydrogen-bond acceptors (Lipinski definition) is 3. The summed E-state index contributed by atoms with van der Waals surface area (Å²) in [6, 6.07) is 6.98. The molecule has 0 saturated carbocycles. The molecule has 104 valence electrons. The maximum Gasteiger partial charge on any atom is 0.238 e. The van der Waals surface area contributed by atoms with Gasteiger partial charge in [0.2, 0.25) is 5.88 Å². The number of aryl methyl sites for hydroxylation is 1. The first-order chi connectivity index (χ1) is 9.56. The molecule has 0 amide bonds. The Morgan fingerprint density at radius 1 is 1.35 bits per heavy atom. The smallest absolute Gasteiger partial charge is 0.238 e. The van der Waals surface area contributed by atoms with Gasteiger partial charge in [0.1, 0.15) is 18.1 Å². The molecule has 3 nitrogen and oxygen atoms in total. The summed E-state index contributed by atoms with van der Waals surface area (Å²) in [7, 11) is 2.01. The minimum atomic E-state index is -0.209. The van der Waals surface area contributed by atoms with Crippen LogP contribution in [0.4, 0.5) is 10.1 Å². The van der Waals surface area contributed by atoms with E-state index in [9.17, 15) is 4.39 Å². The first-order valence-electron chi connectivity index (χ1n) is 6.37. The van der Waals surface area contributed by atoms with Crippen molar-refractivity contribution in [2.24, 2.45) is 0 Å². The molecule has 0 unspecified atom stereocenters. The Labute approximate surface area is 125 Å². The minimum Gasteiger partial charge on any atom is -0.474 e. The highest BCUT2D eigenvalue weighted by molar-refractivity contribution is 9.10. The molecule has 5 heteroatoms. The van der Waals surface area contributed by atoms with E-state index in [1.807, 2.05) is 13.1 Å². The Kier molecular flexibility index (Phi) is 3.38. The number of halogens is 2. The van der Waals surface area contributed by atoms with Gasteiger partial charge in [0.25, 0.3) is 0 Å². The lowest BCUT2D eigenvalue weighted by Gasteiger charge is -2.27. The number of benzene rings is 1. The monoisotopic (exact) mass is 336 g/mol. The number of pyridine rings is 1. The summed E-state index contributed by atoms with van der Waals surface area (Å²) in [4.78, 5) is 6.68. The van der Waals surface area contributed by atoms with Gasteiger partial charge in [-0.1, -0.05) is 0 Å². The van der Waals surface area contributed by atoms with Crippen LogP contribution in [0.1, 0.15) is 5.56 Å². The molecule has 0 spiro atoms. The zero-order chi connectivity index (χ0) is 14.3. The van der Waals surface area contributed by atoms with E-state index in [4.69, 9.17) is 4.74 Å². The molecule has 1 aromatic heterocycles. The zero-order valence-electron chi connectivity index (χ0n) is 11.3. The quantitative estimate of drug-likeness (QED) is 0.792. The van der Waals surface area contributed by atoms with Crippen molar-refractivity contribution >= 4 is 21.6 Å². The summed E-state index contributed by atoms with van der Waals surface area (Å²) in [5.41, 5.74) is 3.20. The number of nitrogens with zero attached hydrogens (tertiary/aromatic N) is 2. The molecule has 1 aliphatic heterocycles. The van der Waals surface area contributed by atoms with Gasteiger partial charge in [0, 0.05) is 17.1 Å². The van der Waals surface area contributed by atoms with E-state index in [-0.39, 0.29) is 5.82 Å². The second-order valence-corrected chi connectivity index (χ2v) is 5.73. The van der Waals surface area contributed by atoms with Crippen molar-refractivity contribution in [3.8, 4) is 17.1 Å². The van der Waals surface area contributed by atoms with Gasteiger partial charge in [0.05, 0.1) is 12.2 Å². The lowest BCUT2D eigenvalue weighted by Crippen LogP contribution is -2.29. The van der Waals surface area contributed by atoms with Crippen LogP contribution in [0.5, 0.6) is 5.88 Å². The summed E-state index contributed by atoms with van der Waals surface area (Å²) < 4.78 is 19.9. The predicted molar refractivity (Wildman–Crippen MR) is 80.8 cm³/mol. The molecule has 2 aromatic rings. The van der Waals surface area contributed by atoms with Crippen molar-refractivity contribution in [1.82, 2.24) is 4.98 Å². The third-order valence-corrected chi connectivity index (χ3v) is 4.03. The molecule has 0 N–H and O–H groups in total. The van der Waals surface area contributed by atoms with Gasteiger partial charge >= 0.3 is 0 Å². The predicted octanol–water partition coefficient (Wildman–Crippen LogP) is 3.79. The lowest BCUT2D eigenvalue weighted by molar-refractivity contribution is 0.299. The molecule has 1 aromatic carbocycles. The van der Waals surface area contributed by atoms with Crippen LogP contribution in [-0.2, 0) is 0 Å². The molecule has 0 bridgehead atoms. The fraction of sp³-hybridized carbons (Fsp3) is 0.267. The molecule has 0 atom stereocenters. The van der Waals surface area contributed by atoms with E-state index in [1.165, 1.54) is 6.07 Å². The highest BCUT2D eigenvalue weighted by Gasteiger charge is 2.19. The van der Waals surface area contributed by atoms with Crippen LogP contribution in [0, 0.1) is 12.7 Å². The van der Waals surface area contributed by atoms with Crippen molar-refractivity contribution in [3.05, 3.63) is 40.1 Å². The number of fused-ring (bicyclic) bond motifs is 1. The van der Waals surface area contributed by atoms with E-state index in [0.29, 0.717) is 18.1 Å². The molecule has 0 radical (unpaired) electrons. The average Bonchev–Trinajstić information content (AvgIpc) is 2.42. The van der Waals surface area contributed by atoms with Crippen molar-refractivity contribution in [2.45, 2.75) is 6.92 Å². The Morgan fingerprint density at radius 2 is 2.15 bits per heavy atom. The van der Waals surface area contributed by atoms with Crippen molar-refractivity contribution < 1.29 is 9.13 Å². The van der Waals surface area contributed by atoms with E-state index in [2.05, 4.69) is 25.8 Å². The maximum atomic E-state index is 13.4. The van der Waals surface area contributed by atoms with Crippen molar-refractivity contribution in [1.29, 1.82) is 0 Å². The zero-order valence-corrected chi connectivity index (χ0v) is 12.9. The maximum absolute atomic E-state index is 13.4. The topological polar surface area (TPSA) is 25.4 Å². The van der Waals surface area contributed by atoms with E-state index in [0.717, 1.165) is 28.0 Å². The van der Waals surface area contributed by atoms with Gasteiger partial charge in [-0.25, -0.2) is 9.37 Å². The molecule has 0 aliphatic carbocycles. The highest BCUT2D eigenvalue weighted by atomic mass is 79.9. The Hall–Kier alpha value is -1.62. The van der Waals surface area contributed by atoms with Gasteiger partial charge in [-0.05, 0) is 52.7 Å². The van der Waals surface area contributed by atoms with Crippen molar-refractivity contribution in [2.75, 3.05) is 25.1 Å². The molecule has 2 heterocycles. The van der Waals surface area contributed by atoms with Gasteiger partial charge in [-0.2, -0.15) is 0 Å². The second-order valence-electron chi connectivity index (χ2n) is 4.88. The third kappa shape index (κ3) is 2.26. The summed E-state index contributed by atoms with van der Waals surface area (Å²) in [5.74, 6) is 0.415. The molecule has 1 aliphatic rings. The molecular weight excluding hydrogens is 323 g/mol. The van der Waals surface area contributed by atoms with Crippen LogP contribution in [0.15, 0.2) is 28.7 Å². The number of rotatable bonds is 1. The van der Waals surface area contributed by atoms with Gasteiger partial charge in [-0.3, -0.25) is 0 Å². The van der Waals surface area contributed by atoms with Crippen LogP contribution < -0.4 is 9.64 Å². The van der Waals surface area contributed by atoms with Crippen molar-refractivity contribution in [3.63, 3.8) is 0 Å². The number of hydrogen-bond donors (Lipinski definition) is 0. The van der Waals surface area contributed by atoms with E-state index < -0.39 is 0 Å². The van der Waals surface area contributed by atoms with E-state index >= 15 is 0 Å². The Bertz CT molecular complexity index is 675. The molecule has 3 rings (SSSR count). The molecular formula is C15H14BrFN2O.